The molecule has 0 saturated heterocycles. The van der Waals surface area contributed by atoms with Gasteiger partial charge >= 0.3 is 0 Å². The van der Waals surface area contributed by atoms with Gasteiger partial charge < -0.3 is 5.32 Å². The summed E-state index contributed by atoms with van der Waals surface area (Å²) in [6.45, 7) is 2.06. The Kier molecular flexibility index (Phi) is 6.84. The van der Waals surface area contributed by atoms with Crippen molar-refractivity contribution in [1.29, 1.82) is 0 Å². The zero-order valence-electron chi connectivity index (χ0n) is 17.8. The van der Waals surface area contributed by atoms with Crippen LogP contribution in [-0.4, -0.2) is 5.91 Å². The van der Waals surface area contributed by atoms with E-state index in [0.29, 0.717) is 10.6 Å². The van der Waals surface area contributed by atoms with Gasteiger partial charge in [-0.2, -0.15) is 0 Å². The summed E-state index contributed by atoms with van der Waals surface area (Å²) in [4.78, 5) is 13.7. The minimum atomic E-state index is -0.275. The van der Waals surface area contributed by atoms with Gasteiger partial charge in [0, 0.05) is 10.6 Å². The molecule has 4 rings (SSSR count). The Morgan fingerprint density at radius 2 is 1.31 bits per heavy atom. The fraction of sp³-hybridized carbons (Fsp3) is 0.0690. The molecule has 158 valence electrons. The molecule has 0 aliphatic heterocycles. The molecule has 32 heavy (non-hydrogen) atoms. The Morgan fingerprint density at radius 1 is 0.750 bits per heavy atom. The maximum atomic E-state index is 13.7. The topological polar surface area (TPSA) is 29.1 Å². The van der Waals surface area contributed by atoms with Crippen molar-refractivity contribution in [1.82, 2.24) is 5.32 Å². The average Bonchev–Trinajstić information content (AvgIpc) is 2.83. The summed E-state index contributed by atoms with van der Waals surface area (Å²) in [6, 6.07) is 35.2. The molecule has 0 heterocycles. The van der Waals surface area contributed by atoms with Crippen LogP contribution in [0, 0.1) is 6.92 Å². The van der Waals surface area contributed by atoms with E-state index in [2.05, 4.69) is 36.5 Å². The summed E-state index contributed by atoms with van der Waals surface area (Å²) >= 11 is 6.40. The van der Waals surface area contributed by atoms with Crippen molar-refractivity contribution >= 4 is 29.2 Å². The normalized spacial score (nSPS) is 12.2. The van der Waals surface area contributed by atoms with Crippen molar-refractivity contribution < 1.29 is 4.79 Å². The molecule has 3 heteroatoms. The molecule has 4 aromatic carbocycles. The van der Waals surface area contributed by atoms with Crippen molar-refractivity contribution in [2.24, 2.45) is 0 Å². The first-order valence-corrected chi connectivity index (χ1v) is 10.9. The number of rotatable bonds is 6. The van der Waals surface area contributed by atoms with Crippen LogP contribution in [0.25, 0.3) is 11.6 Å². The number of benzene rings is 4. The molecule has 1 atom stereocenters. The number of hydrogen-bond acceptors (Lipinski definition) is 1. The quantitative estimate of drug-likeness (QED) is 0.253. The highest BCUT2D eigenvalue weighted by Gasteiger charge is 2.20. The van der Waals surface area contributed by atoms with E-state index in [-0.39, 0.29) is 11.9 Å². The summed E-state index contributed by atoms with van der Waals surface area (Å²) in [5, 5.41) is 3.86. The van der Waals surface area contributed by atoms with E-state index < -0.39 is 0 Å². The molecule has 0 bridgehead atoms. The second-order valence-corrected chi connectivity index (χ2v) is 8.08. The predicted molar refractivity (Wildman–Crippen MR) is 133 cm³/mol. The predicted octanol–water partition coefficient (Wildman–Crippen LogP) is 7.09. The second kappa shape index (κ2) is 10.1. The highest BCUT2D eigenvalue weighted by molar-refractivity contribution is 6.33. The monoisotopic (exact) mass is 437 g/mol. The van der Waals surface area contributed by atoms with Crippen molar-refractivity contribution in [2.75, 3.05) is 0 Å². The highest BCUT2D eigenvalue weighted by Crippen LogP contribution is 2.27. The van der Waals surface area contributed by atoms with Crippen LogP contribution in [0.4, 0.5) is 0 Å². The molecule has 0 saturated carbocycles. The third-order valence-electron chi connectivity index (χ3n) is 5.35. The number of hydrogen-bond donors (Lipinski definition) is 1. The number of aryl methyl sites for hydroxylation is 1. The summed E-state index contributed by atoms with van der Waals surface area (Å²) < 4.78 is 0. The van der Waals surface area contributed by atoms with Gasteiger partial charge in [-0.3, -0.25) is 4.79 Å². The molecule has 0 aromatic heterocycles. The average molecular weight is 438 g/mol. The van der Waals surface area contributed by atoms with E-state index >= 15 is 0 Å². The Labute approximate surface area is 194 Å². The molecule has 0 aliphatic rings. The first-order chi connectivity index (χ1) is 15.6. The first-order valence-electron chi connectivity index (χ1n) is 10.6. The number of halogens is 1. The highest BCUT2D eigenvalue weighted by atomic mass is 35.5. The van der Waals surface area contributed by atoms with E-state index in [4.69, 9.17) is 11.6 Å². The van der Waals surface area contributed by atoms with Crippen LogP contribution in [-0.2, 0) is 4.79 Å². The molecule has 1 amide bonds. The molecular formula is C29H24ClNO. The summed E-state index contributed by atoms with van der Waals surface area (Å²) in [5.74, 6) is -0.162. The number of carbonyl (C=O) groups excluding carboxylic acids is 1. The van der Waals surface area contributed by atoms with Gasteiger partial charge in [0.1, 0.15) is 0 Å². The maximum absolute atomic E-state index is 13.7. The molecular weight excluding hydrogens is 414 g/mol. The van der Waals surface area contributed by atoms with Crippen molar-refractivity contribution in [3.05, 3.63) is 142 Å². The number of carbonyl (C=O) groups is 1. The van der Waals surface area contributed by atoms with Gasteiger partial charge in [-0.05, 0) is 41.3 Å². The van der Waals surface area contributed by atoms with Crippen molar-refractivity contribution in [2.45, 2.75) is 13.0 Å². The fourth-order valence-electron chi connectivity index (χ4n) is 3.62. The lowest BCUT2D eigenvalue weighted by Crippen LogP contribution is -2.30. The lowest BCUT2D eigenvalue weighted by atomic mass is 9.96. The van der Waals surface area contributed by atoms with Crippen LogP contribution in [0.5, 0.6) is 0 Å². The second-order valence-electron chi connectivity index (χ2n) is 7.67. The Morgan fingerprint density at radius 3 is 1.97 bits per heavy atom. The SMILES string of the molecule is Cc1ccc([C@H](NC(=O)/C(=C/c2ccccc2Cl)c2ccccc2)c2ccccc2)cc1. The van der Waals surface area contributed by atoms with Crippen LogP contribution in [0.15, 0.2) is 109 Å². The van der Waals surface area contributed by atoms with E-state index in [9.17, 15) is 4.79 Å². The number of amides is 1. The maximum Gasteiger partial charge on any atom is 0.252 e. The van der Waals surface area contributed by atoms with E-state index in [1.54, 1.807) is 0 Å². The molecule has 0 radical (unpaired) electrons. The number of nitrogens with one attached hydrogen (secondary N) is 1. The van der Waals surface area contributed by atoms with Crippen molar-refractivity contribution in [3.63, 3.8) is 0 Å². The lowest BCUT2D eigenvalue weighted by Gasteiger charge is -2.21. The summed E-state index contributed by atoms with van der Waals surface area (Å²) in [7, 11) is 0. The molecule has 0 spiro atoms. The van der Waals surface area contributed by atoms with Crippen LogP contribution < -0.4 is 5.32 Å². The zero-order chi connectivity index (χ0) is 22.3. The standard InChI is InChI=1S/C29H24ClNO/c1-21-16-18-24(19-17-21)28(23-12-6-3-7-13-23)31-29(32)26(22-10-4-2-5-11-22)20-25-14-8-9-15-27(25)30/h2-20,28H,1H3,(H,31,32)/b26-20+/t28-/m1/s1. The third-order valence-corrected chi connectivity index (χ3v) is 5.70. The molecule has 2 nitrogen and oxygen atoms in total. The minimum absolute atomic E-state index is 0.162. The largest absolute Gasteiger partial charge is 0.341 e. The van der Waals surface area contributed by atoms with Crippen molar-refractivity contribution in [3.8, 4) is 0 Å². The van der Waals surface area contributed by atoms with E-state index in [0.717, 1.165) is 22.3 Å². The van der Waals surface area contributed by atoms with Crippen LogP contribution in [0.3, 0.4) is 0 Å². The summed E-state index contributed by atoms with van der Waals surface area (Å²) in [6.07, 6.45) is 1.85. The van der Waals surface area contributed by atoms with Gasteiger partial charge in [0.05, 0.1) is 6.04 Å². The van der Waals surface area contributed by atoms with Gasteiger partial charge in [0.15, 0.2) is 0 Å². The molecule has 0 aliphatic carbocycles. The van der Waals surface area contributed by atoms with Gasteiger partial charge in [0.25, 0.3) is 5.91 Å². The fourth-order valence-corrected chi connectivity index (χ4v) is 3.81. The van der Waals surface area contributed by atoms with Gasteiger partial charge in [-0.15, -0.1) is 0 Å². The van der Waals surface area contributed by atoms with E-state index in [1.807, 2.05) is 91.0 Å². The molecule has 1 N–H and O–H groups in total. The molecule has 0 fully saturated rings. The Balaban J connectivity index is 1.75. The Hall–Kier alpha value is -3.62. The zero-order valence-corrected chi connectivity index (χ0v) is 18.6. The Bertz CT molecular complexity index is 1220. The molecule has 0 unspecified atom stereocenters. The van der Waals surface area contributed by atoms with Gasteiger partial charge in [-0.1, -0.05) is 120 Å². The van der Waals surface area contributed by atoms with Gasteiger partial charge in [-0.25, -0.2) is 0 Å². The van der Waals surface area contributed by atoms with Gasteiger partial charge in [0.2, 0.25) is 0 Å². The summed E-state index contributed by atoms with van der Waals surface area (Å²) in [5.41, 5.74) is 5.42. The lowest BCUT2D eigenvalue weighted by molar-refractivity contribution is -0.116. The van der Waals surface area contributed by atoms with Crippen LogP contribution >= 0.6 is 11.6 Å². The van der Waals surface area contributed by atoms with E-state index in [1.165, 1.54) is 5.56 Å². The minimum Gasteiger partial charge on any atom is -0.341 e. The smallest absolute Gasteiger partial charge is 0.252 e. The third kappa shape index (κ3) is 5.16. The van der Waals surface area contributed by atoms with Crippen LogP contribution in [0.2, 0.25) is 5.02 Å². The van der Waals surface area contributed by atoms with Crippen LogP contribution in [0.1, 0.15) is 33.9 Å². The molecule has 4 aromatic rings. The first kappa shape index (κ1) is 21.6.